The van der Waals surface area contributed by atoms with Crippen LogP contribution in [-0.2, 0) is 0 Å². The first-order valence-corrected chi connectivity index (χ1v) is 14.8. The van der Waals surface area contributed by atoms with E-state index in [9.17, 15) is 0 Å². The van der Waals surface area contributed by atoms with E-state index in [1.807, 2.05) is 91.0 Å². The summed E-state index contributed by atoms with van der Waals surface area (Å²) in [4.78, 5) is 15.1. The van der Waals surface area contributed by atoms with Gasteiger partial charge in [0.05, 0.1) is 0 Å². The predicted molar refractivity (Wildman–Crippen MR) is 178 cm³/mol. The van der Waals surface area contributed by atoms with E-state index in [1.54, 1.807) is 0 Å². The molecule has 10 aromatic rings. The third-order valence-corrected chi connectivity index (χ3v) is 8.54. The molecule has 0 bridgehead atoms. The molecule has 0 aliphatic rings. The molecule has 6 heteroatoms. The molecule has 0 atom stereocenters. The van der Waals surface area contributed by atoms with Crippen molar-refractivity contribution in [2.24, 2.45) is 0 Å². The van der Waals surface area contributed by atoms with Crippen LogP contribution >= 0.6 is 0 Å². The van der Waals surface area contributed by atoms with Gasteiger partial charge in [0, 0.05) is 49.0 Å². The summed E-state index contributed by atoms with van der Waals surface area (Å²) < 4.78 is 18.4. The van der Waals surface area contributed by atoms with Gasteiger partial charge in [-0.2, -0.15) is 0 Å². The summed E-state index contributed by atoms with van der Waals surface area (Å²) in [5.41, 5.74) is 7.57. The minimum atomic E-state index is 0.562. The smallest absolute Gasteiger partial charge is 0.164 e. The van der Waals surface area contributed by atoms with Crippen molar-refractivity contribution < 1.29 is 13.3 Å². The van der Waals surface area contributed by atoms with E-state index in [2.05, 4.69) is 36.4 Å². The second kappa shape index (κ2) is 9.11. The maximum absolute atomic E-state index is 6.21. The summed E-state index contributed by atoms with van der Waals surface area (Å²) in [7, 11) is 0. The number of furan rings is 3. The van der Waals surface area contributed by atoms with Crippen LogP contribution in [0, 0.1) is 0 Å². The van der Waals surface area contributed by atoms with Crippen molar-refractivity contribution >= 4 is 65.8 Å². The van der Waals surface area contributed by atoms with Crippen molar-refractivity contribution in [1.82, 2.24) is 15.0 Å². The van der Waals surface area contributed by atoms with Crippen LogP contribution in [0.4, 0.5) is 0 Å². The molecule has 0 fully saturated rings. The van der Waals surface area contributed by atoms with Gasteiger partial charge in [0.1, 0.15) is 33.5 Å². The van der Waals surface area contributed by atoms with Crippen LogP contribution in [0.3, 0.4) is 0 Å². The van der Waals surface area contributed by atoms with Crippen LogP contribution in [0.1, 0.15) is 0 Å². The average Bonchev–Trinajstić information content (AvgIpc) is 3.78. The van der Waals surface area contributed by atoms with Gasteiger partial charge in [-0.3, -0.25) is 0 Å². The Labute approximate surface area is 255 Å². The highest BCUT2D eigenvalue weighted by Gasteiger charge is 2.17. The monoisotopic (exact) mass is 579 g/mol. The molecule has 10 rings (SSSR count). The van der Waals surface area contributed by atoms with E-state index in [-0.39, 0.29) is 0 Å². The Balaban J connectivity index is 1.20. The fourth-order valence-electron chi connectivity index (χ4n) is 6.36. The lowest BCUT2D eigenvalue weighted by Gasteiger charge is -2.09. The van der Waals surface area contributed by atoms with Gasteiger partial charge >= 0.3 is 0 Å². The van der Waals surface area contributed by atoms with Crippen molar-refractivity contribution in [1.29, 1.82) is 0 Å². The highest BCUT2D eigenvalue weighted by Crippen LogP contribution is 2.36. The average molecular weight is 580 g/mol. The molecule has 6 nitrogen and oxygen atoms in total. The number of benzene rings is 6. The van der Waals surface area contributed by atoms with Crippen molar-refractivity contribution in [3.8, 4) is 34.2 Å². The predicted octanol–water partition coefficient (Wildman–Crippen LogP) is 10.6. The molecule has 45 heavy (non-hydrogen) atoms. The summed E-state index contributed by atoms with van der Waals surface area (Å²) in [5.74, 6) is 1.71. The van der Waals surface area contributed by atoms with Crippen LogP contribution in [0.25, 0.3) is 100.0 Å². The Morgan fingerprint density at radius 1 is 0.289 bits per heavy atom. The van der Waals surface area contributed by atoms with Crippen LogP contribution in [0.15, 0.2) is 141 Å². The van der Waals surface area contributed by atoms with Gasteiger partial charge in [0.2, 0.25) is 0 Å². The summed E-state index contributed by atoms with van der Waals surface area (Å²) in [6.45, 7) is 0. The third kappa shape index (κ3) is 3.72. The minimum absolute atomic E-state index is 0.562. The summed E-state index contributed by atoms with van der Waals surface area (Å²) >= 11 is 0. The fourth-order valence-corrected chi connectivity index (χ4v) is 6.36. The number of hydrogen-bond donors (Lipinski definition) is 0. The lowest BCUT2D eigenvalue weighted by molar-refractivity contribution is 0.668. The van der Waals surface area contributed by atoms with Crippen molar-refractivity contribution in [2.45, 2.75) is 0 Å². The zero-order valence-electron chi connectivity index (χ0n) is 23.7. The molecule has 4 aromatic heterocycles. The number of aromatic nitrogens is 3. The minimum Gasteiger partial charge on any atom is -0.456 e. The number of rotatable bonds is 3. The molecule has 4 heterocycles. The second-order valence-corrected chi connectivity index (χ2v) is 11.2. The van der Waals surface area contributed by atoms with Gasteiger partial charge in [-0.15, -0.1) is 0 Å². The number of para-hydroxylation sites is 3. The summed E-state index contributed by atoms with van der Waals surface area (Å²) in [5, 5.41) is 6.27. The molecule has 0 aliphatic heterocycles. The molecule has 210 valence electrons. The Morgan fingerprint density at radius 3 is 1.16 bits per heavy atom. The number of hydrogen-bond acceptors (Lipinski definition) is 6. The van der Waals surface area contributed by atoms with Crippen molar-refractivity contribution in [2.75, 3.05) is 0 Å². The lowest BCUT2D eigenvalue weighted by atomic mass is 10.1. The largest absolute Gasteiger partial charge is 0.456 e. The fraction of sp³-hybridized carbons (Fsp3) is 0. The maximum atomic E-state index is 6.21. The Hall–Kier alpha value is -6.27. The first-order chi connectivity index (χ1) is 22.2. The van der Waals surface area contributed by atoms with Gasteiger partial charge < -0.3 is 13.3 Å². The van der Waals surface area contributed by atoms with Gasteiger partial charge in [-0.1, -0.05) is 60.7 Å². The standard InChI is InChI=1S/C39H21N3O3/c1-4-10-31-25(7-1)28-16-13-24(21-36(28)45-31)39-41-37(22-14-17-34-29(19-22)26-8-2-5-11-32(26)43-34)40-38(42-39)23-15-18-35-30(20-23)27-9-3-6-12-33(27)44-35/h1-21H. The third-order valence-electron chi connectivity index (χ3n) is 8.54. The highest BCUT2D eigenvalue weighted by atomic mass is 16.3. The van der Waals surface area contributed by atoms with E-state index >= 15 is 0 Å². The van der Waals surface area contributed by atoms with E-state index < -0.39 is 0 Å². The van der Waals surface area contributed by atoms with Gasteiger partial charge in [-0.25, -0.2) is 15.0 Å². The number of nitrogens with zero attached hydrogens (tertiary/aromatic N) is 3. The van der Waals surface area contributed by atoms with Crippen molar-refractivity contribution in [3.05, 3.63) is 127 Å². The first-order valence-electron chi connectivity index (χ1n) is 14.8. The molecular weight excluding hydrogens is 558 g/mol. The van der Waals surface area contributed by atoms with E-state index in [1.165, 1.54) is 0 Å². The molecule has 0 saturated carbocycles. The van der Waals surface area contributed by atoms with Crippen molar-refractivity contribution in [3.63, 3.8) is 0 Å². The van der Waals surface area contributed by atoms with Crippen LogP contribution < -0.4 is 0 Å². The highest BCUT2D eigenvalue weighted by molar-refractivity contribution is 6.08. The lowest BCUT2D eigenvalue weighted by Crippen LogP contribution is -2.00. The SMILES string of the molecule is c1ccc2c(c1)oc1cc(-c3nc(-c4ccc5oc6ccccc6c5c4)nc(-c4ccc5oc6ccccc6c5c4)n3)ccc12. The van der Waals surface area contributed by atoms with Crippen LogP contribution in [0.5, 0.6) is 0 Å². The Morgan fingerprint density at radius 2 is 0.644 bits per heavy atom. The molecule has 0 unspecified atom stereocenters. The number of fused-ring (bicyclic) bond motifs is 9. The first kappa shape index (κ1) is 24.2. The molecule has 0 spiro atoms. The summed E-state index contributed by atoms with van der Waals surface area (Å²) in [6, 6.07) is 42.5. The quantitative estimate of drug-likeness (QED) is 0.207. The topological polar surface area (TPSA) is 78.1 Å². The molecule has 0 N–H and O–H groups in total. The molecule has 0 radical (unpaired) electrons. The van der Waals surface area contributed by atoms with Gasteiger partial charge in [0.15, 0.2) is 17.5 Å². The van der Waals surface area contributed by atoms with Crippen LogP contribution in [-0.4, -0.2) is 15.0 Å². The van der Waals surface area contributed by atoms with Gasteiger partial charge in [0.25, 0.3) is 0 Å². The van der Waals surface area contributed by atoms with E-state index in [0.717, 1.165) is 82.5 Å². The van der Waals surface area contributed by atoms with Gasteiger partial charge in [-0.05, 0) is 66.7 Å². The van der Waals surface area contributed by atoms with E-state index in [4.69, 9.17) is 28.2 Å². The second-order valence-electron chi connectivity index (χ2n) is 11.2. The Kier molecular flexibility index (Phi) is 4.90. The van der Waals surface area contributed by atoms with E-state index in [0.29, 0.717) is 17.5 Å². The zero-order valence-corrected chi connectivity index (χ0v) is 23.7. The molecule has 0 aliphatic carbocycles. The molecule has 0 amide bonds. The summed E-state index contributed by atoms with van der Waals surface area (Å²) in [6.07, 6.45) is 0. The molecular formula is C39H21N3O3. The molecule has 0 saturated heterocycles. The normalized spacial score (nSPS) is 12.0. The maximum Gasteiger partial charge on any atom is 0.164 e. The molecule has 6 aromatic carbocycles. The van der Waals surface area contributed by atoms with Crippen LogP contribution in [0.2, 0.25) is 0 Å². The Bertz CT molecular complexity index is 2650. The zero-order chi connectivity index (χ0) is 29.5.